The van der Waals surface area contributed by atoms with E-state index in [-0.39, 0.29) is 36.2 Å². The molecule has 6 heteroatoms. The molecule has 2 amide bonds. The molecule has 0 spiro atoms. The molecule has 2 saturated heterocycles. The number of nitrogens with one attached hydrogen (secondary N) is 2. The van der Waals surface area contributed by atoms with E-state index in [1.54, 1.807) is 0 Å². The van der Waals surface area contributed by atoms with E-state index in [0.29, 0.717) is 13.1 Å². The molecule has 2 aliphatic rings. The first-order valence-corrected chi connectivity index (χ1v) is 8.59. The Labute approximate surface area is 149 Å². The summed E-state index contributed by atoms with van der Waals surface area (Å²) in [5.41, 5.74) is 0.726. The van der Waals surface area contributed by atoms with Gasteiger partial charge in [0.25, 0.3) is 5.91 Å². The number of nitrogens with zero attached hydrogens (tertiary/aromatic N) is 1. The average Bonchev–Trinajstić information content (AvgIpc) is 2.63. The van der Waals surface area contributed by atoms with Gasteiger partial charge in [-0.05, 0) is 44.4 Å². The zero-order valence-corrected chi connectivity index (χ0v) is 14.7. The zero-order valence-electron chi connectivity index (χ0n) is 13.9. The van der Waals surface area contributed by atoms with Crippen molar-refractivity contribution in [2.45, 2.75) is 31.7 Å². The van der Waals surface area contributed by atoms with Crippen LogP contribution < -0.4 is 10.6 Å². The zero-order chi connectivity index (χ0) is 16.1. The molecule has 0 aliphatic carbocycles. The van der Waals surface area contributed by atoms with Gasteiger partial charge in [0, 0.05) is 37.2 Å². The molecule has 0 saturated carbocycles. The maximum absolute atomic E-state index is 12.4. The van der Waals surface area contributed by atoms with Crippen molar-refractivity contribution in [3.63, 3.8) is 0 Å². The molecule has 0 unspecified atom stereocenters. The van der Waals surface area contributed by atoms with Gasteiger partial charge in [-0.3, -0.25) is 9.59 Å². The van der Waals surface area contributed by atoms with Gasteiger partial charge in [0.15, 0.2) is 0 Å². The highest BCUT2D eigenvalue weighted by atomic mass is 35.5. The van der Waals surface area contributed by atoms with Gasteiger partial charge in [-0.25, -0.2) is 0 Å². The van der Waals surface area contributed by atoms with Crippen molar-refractivity contribution in [2.24, 2.45) is 5.92 Å². The van der Waals surface area contributed by atoms with Crippen LogP contribution in [0.4, 0.5) is 0 Å². The Kier molecular flexibility index (Phi) is 7.06. The Morgan fingerprint density at radius 1 is 1.08 bits per heavy atom. The topological polar surface area (TPSA) is 61.4 Å². The standard InChI is InChI=1S/C18H25N3O2.ClH/c22-17(20-16-7-4-10-19-13-16)14-8-11-21(12-9-14)18(23)15-5-2-1-3-6-15;/h1-3,5-6,14,16,19H,4,7-13H2,(H,20,22);1H/t16-;/m0./s1. The van der Waals surface area contributed by atoms with Gasteiger partial charge in [-0.15, -0.1) is 12.4 Å². The van der Waals surface area contributed by atoms with Crippen molar-refractivity contribution < 1.29 is 9.59 Å². The molecule has 24 heavy (non-hydrogen) atoms. The number of piperidine rings is 2. The molecule has 1 aromatic rings. The molecule has 2 fully saturated rings. The molecule has 0 radical (unpaired) electrons. The van der Waals surface area contributed by atoms with Crippen molar-refractivity contribution in [1.82, 2.24) is 15.5 Å². The third kappa shape index (κ3) is 4.71. The summed E-state index contributed by atoms with van der Waals surface area (Å²) in [6.45, 7) is 3.24. The van der Waals surface area contributed by atoms with Crippen molar-refractivity contribution in [2.75, 3.05) is 26.2 Å². The fourth-order valence-corrected chi connectivity index (χ4v) is 3.40. The highest BCUT2D eigenvalue weighted by Crippen LogP contribution is 2.20. The lowest BCUT2D eigenvalue weighted by Crippen LogP contribution is -2.49. The van der Waals surface area contributed by atoms with Crippen LogP contribution in [0.25, 0.3) is 0 Å². The maximum Gasteiger partial charge on any atom is 0.253 e. The van der Waals surface area contributed by atoms with E-state index >= 15 is 0 Å². The van der Waals surface area contributed by atoms with Crippen molar-refractivity contribution in [1.29, 1.82) is 0 Å². The van der Waals surface area contributed by atoms with E-state index in [1.165, 1.54) is 0 Å². The van der Waals surface area contributed by atoms with Gasteiger partial charge in [-0.1, -0.05) is 18.2 Å². The summed E-state index contributed by atoms with van der Waals surface area (Å²) in [6.07, 6.45) is 3.69. The SMILES string of the molecule is Cl.O=C(N[C@H]1CCCNC1)C1CCN(C(=O)c2ccccc2)CC1. The molecule has 1 aromatic carbocycles. The Hall–Kier alpha value is -1.59. The minimum Gasteiger partial charge on any atom is -0.352 e. The van der Waals surface area contributed by atoms with Gasteiger partial charge >= 0.3 is 0 Å². The molecule has 132 valence electrons. The Balaban J connectivity index is 0.00000208. The van der Waals surface area contributed by atoms with Crippen LogP contribution in [0.5, 0.6) is 0 Å². The number of carbonyl (C=O) groups is 2. The third-order valence-electron chi connectivity index (χ3n) is 4.82. The second-order valence-electron chi connectivity index (χ2n) is 6.48. The van der Waals surface area contributed by atoms with E-state index in [2.05, 4.69) is 10.6 Å². The van der Waals surface area contributed by atoms with E-state index in [4.69, 9.17) is 0 Å². The van der Waals surface area contributed by atoms with E-state index < -0.39 is 0 Å². The first kappa shape index (κ1) is 18.7. The Morgan fingerprint density at radius 2 is 1.79 bits per heavy atom. The van der Waals surface area contributed by atoms with Crippen molar-refractivity contribution >= 4 is 24.2 Å². The fraction of sp³-hybridized carbons (Fsp3) is 0.556. The van der Waals surface area contributed by atoms with Gasteiger partial charge < -0.3 is 15.5 Å². The van der Waals surface area contributed by atoms with E-state index in [9.17, 15) is 9.59 Å². The number of carbonyl (C=O) groups excluding carboxylic acids is 2. The molecule has 5 nitrogen and oxygen atoms in total. The fourth-order valence-electron chi connectivity index (χ4n) is 3.40. The molecule has 2 aliphatic heterocycles. The van der Waals surface area contributed by atoms with Crippen molar-refractivity contribution in [3.05, 3.63) is 35.9 Å². The monoisotopic (exact) mass is 351 g/mol. The summed E-state index contributed by atoms with van der Waals surface area (Å²) in [7, 11) is 0. The van der Waals surface area contributed by atoms with Crippen LogP contribution in [-0.2, 0) is 4.79 Å². The summed E-state index contributed by atoms with van der Waals surface area (Å²) < 4.78 is 0. The first-order valence-electron chi connectivity index (χ1n) is 8.59. The highest BCUT2D eigenvalue weighted by Gasteiger charge is 2.29. The number of rotatable bonds is 3. The van der Waals surface area contributed by atoms with Crippen LogP contribution in [0, 0.1) is 5.92 Å². The van der Waals surface area contributed by atoms with Crippen LogP contribution in [0.15, 0.2) is 30.3 Å². The van der Waals surface area contributed by atoms with Crippen LogP contribution in [0.1, 0.15) is 36.0 Å². The molecular formula is C18H26ClN3O2. The molecule has 2 heterocycles. The normalized spacial score (nSPS) is 21.7. The van der Waals surface area contributed by atoms with Crippen LogP contribution in [0.2, 0.25) is 0 Å². The second kappa shape index (κ2) is 9.04. The summed E-state index contributed by atoms with van der Waals surface area (Å²) in [6, 6.07) is 9.62. The highest BCUT2D eigenvalue weighted by molar-refractivity contribution is 5.94. The maximum atomic E-state index is 12.4. The summed E-state index contributed by atoms with van der Waals surface area (Å²) >= 11 is 0. The Bertz CT molecular complexity index is 538. The van der Waals surface area contributed by atoms with Gasteiger partial charge in [0.1, 0.15) is 0 Å². The predicted octanol–water partition coefficient (Wildman–Crippen LogP) is 1.83. The van der Waals surface area contributed by atoms with E-state index in [0.717, 1.165) is 44.3 Å². The number of halogens is 1. The molecule has 3 rings (SSSR count). The predicted molar refractivity (Wildman–Crippen MR) is 96.4 cm³/mol. The Morgan fingerprint density at radius 3 is 2.42 bits per heavy atom. The second-order valence-corrected chi connectivity index (χ2v) is 6.48. The molecule has 0 aromatic heterocycles. The van der Waals surface area contributed by atoms with Crippen LogP contribution in [0.3, 0.4) is 0 Å². The van der Waals surface area contributed by atoms with Gasteiger partial charge in [0.05, 0.1) is 0 Å². The van der Waals surface area contributed by atoms with Gasteiger partial charge in [-0.2, -0.15) is 0 Å². The van der Waals surface area contributed by atoms with Crippen molar-refractivity contribution in [3.8, 4) is 0 Å². The smallest absolute Gasteiger partial charge is 0.253 e. The largest absolute Gasteiger partial charge is 0.352 e. The molecule has 0 bridgehead atoms. The quantitative estimate of drug-likeness (QED) is 0.873. The summed E-state index contributed by atoms with van der Waals surface area (Å²) in [4.78, 5) is 26.6. The molecule has 2 N–H and O–H groups in total. The lowest BCUT2D eigenvalue weighted by Gasteiger charge is -2.33. The summed E-state index contributed by atoms with van der Waals surface area (Å²) in [5.74, 6) is 0.267. The minimum absolute atomic E-state index is 0. The first-order chi connectivity index (χ1) is 11.2. The lowest BCUT2D eigenvalue weighted by atomic mass is 9.94. The van der Waals surface area contributed by atoms with Crippen LogP contribution >= 0.6 is 12.4 Å². The lowest BCUT2D eigenvalue weighted by molar-refractivity contribution is -0.127. The summed E-state index contributed by atoms with van der Waals surface area (Å²) in [5, 5.41) is 6.48. The van der Waals surface area contributed by atoms with Gasteiger partial charge in [0.2, 0.25) is 5.91 Å². The number of hydrogen-bond acceptors (Lipinski definition) is 3. The van der Waals surface area contributed by atoms with Crippen LogP contribution in [-0.4, -0.2) is 48.9 Å². The molecular weight excluding hydrogens is 326 g/mol. The number of benzene rings is 1. The number of hydrogen-bond donors (Lipinski definition) is 2. The number of likely N-dealkylation sites (tertiary alicyclic amines) is 1. The average molecular weight is 352 g/mol. The van der Waals surface area contributed by atoms with E-state index in [1.807, 2.05) is 35.2 Å². The molecule has 1 atom stereocenters. The minimum atomic E-state index is 0. The third-order valence-corrected chi connectivity index (χ3v) is 4.82. The number of amides is 2.